The Kier molecular flexibility index (Phi) is 19.8. The Bertz CT molecular complexity index is 1020. The van der Waals surface area contributed by atoms with Crippen LogP contribution >= 0.6 is 0 Å². The first-order chi connectivity index (χ1) is 19.5. The summed E-state index contributed by atoms with van der Waals surface area (Å²) >= 11 is 0. The Labute approximate surface area is 235 Å². The minimum Gasteiger partial charge on any atom is -0.508 e. The highest BCUT2D eigenvalue weighted by molar-refractivity contribution is 5.55. The van der Waals surface area contributed by atoms with Crippen LogP contribution in [0.15, 0.2) is 72.8 Å². The van der Waals surface area contributed by atoms with Gasteiger partial charge in [0.15, 0.2) is 0 Å². The second-order valence-corrected chi connectivity index (χ2v) is 8.26. The van der Waals surface area contributed by atoms with Crippen molar-refractivity contribution in [3.05, 3.63) is 89.5 Å². The molecule has 0 aliphatic rings. The summed E-state index contributed by atoms with van der Waals surface area (Å²) in [6, 6.07) is 20.9. The molecule has 0 spiro atoms. The number of methoxy groups -OCH3 is 1. The zero-order valence-electron chi connectivity index (χ0n) is 22.9. The summed E-state index contributed by atoms with van der Waals surface area (Å²) in [6.45, 7) is 3.46. The number of carbonyl (C=O) groups excluding carboxylic acids is 2. The van der Waals surface area contributed by atoms with E-state index >= 15 is 0 Å². The van der Waals surface area contributed by atoms with Gasteiger partial charge >= 0.3 is 0 Å². The number of aldehydes is 2. The van der Waals surface area contributed by atoms with Crippen molar-refractivity contribution in [3.8, 4) is 17.2 Å². The number of ether oxygens (including phenoxy) is 4. The number of benzene rings is 3. The number of phenolic OH excluding ortho intramolecular Hbond substituents is 2. The molecular formula is C31H40O9. The monoisotopic (exact) mass is 556 g/mol. The molecule has 0 fully saturated rings. The molecule has 0 saturated carbocycles. The van der Waals surface area contributed by atoms with Crippen LogP contribution < -0.4 is 4.74 Å². The lowest BCUT2D eigenvalue weighted by atomic mass is 10.2. The van der Waals surface area contributed by atoms with Crippen molar-refractivity contribution in [2.24, 2.45) is 0 Å². The van der Waals surface area contributed by atoms with E-state index in [1.165, 1.54) is 0 Å². The van der Waals surface area contributed by atoms with Gasteiger partial charge in [0.2, 0.25) is 0 Å². The van der Waals surface area contributed by atoms with Gasteiger partial charge in [0.1, 0.15) is 36.4 Å². The minimum atomic E-state index is 0.158. The van der Waals surface area contributed by atoms with Crippen LogP contribution in [0.5, 0.6) is 17.2 Å². The van der Waals surface area contributed by atoms with Crippen molar-refractivity contribution in [1.29, 1.82) is 0 Å². The van der Waals surface area contributed by atoms with Gasteiger partial charge in [-0.3, -0.25) is 0 Å². The summed E-state index contributed by atoms with van der Waals surface area (Å²) < 4.78 is 21.0. The lowest BCUT2D eigenvalue weighted by Crippen LogP contribution is -2.12. The predicted octanol–water partition coefficient (Wildman–Crippen LogP) is 3.55. The topological polar surface area (TPSA) is 132 Å². The first-order valence-electron chi connectivity index (χ1n) is 12.9. The van der Waals surface area contributed by atoms with Gasteiger partial charge in [-0.05, 0) is 59.5 Å². The number of hydrogen-bond donors (Lipinski definition) is 3. The van der Waals surface area contributed by atoms with Crippen LogP contribution in [0.25, 0.3) is 0 Å². The first kappa shape index (κ1) is 34.3. The fourth-order valence-electron chi connectivity index (χ4n) is 3.02. The number of aliphatic hydroxyl groups excluding tert-OH is 1. The third-order valence-corrected chi connectivity index (χ3v) is 5.13. The largest absolute Gasteiger partial charge is 0.508 e. The number of hydrogen-bond acceptors (Lipinski definition) is 9. The van der Waals surface area contributed by atoms with Crippen LogP contribution in [0.4, 0.5) is 0 Å². The van der Waals surface area contributed by atoms with E-state index in [-0.39, 0.29) is 18.1 Å². The van der Waals surface area contributed by atoms with E-state index < -0.39 is 0 Å². The summed E-state index contributed by atoms with van der Waals surface area (Å²) in [6.07, 6.45) is 3.23. The fraction of sp³-hybridized carbons (Fsp3) is 0.355. The number of aliphatic hydroxyl groups is 1. The molecule has 0 atom stereocenters. The van der Waals surface area contributed by atoms with Crippen LogP contribution in [-0.4, -0.2) is 81.2 Å². The maximum Gasteiger partial charge on any atom is 0.124 e. The van der Waals surface area contributed by atoms with Gasteiger partial charge in [-0.1, -0.05) is 36.4 Å². The summed E-state index contributed by atoms with van der Waals surface area (Å²) in [5, 5.41) is 26.2. The van der Waals surface area contributed by atoms with Gasteiger partial charge in [0.25, 0.3) is 0 Å². The zero-order valence-corrected chi connectivity index (χ0v) is 22.9. The highest BCUT2D eigenvalue weighted by Gasteiger charge is 1.96. The quantitative estimate of drug-likeness (QED) is 0.179. The van der Waals surface area contributed by atoms with Gasteiger partial charge in [-0.25, -0.2) is 0 Å². The maximum absolute atomic E-state index is 10.3. The van der Waals surface area contributed by atoms with Gasteiger partial charge in [0.05, 0.1) is 33.0 Å². The van der Waals surface area contributed by atoms with E-state index in [0.717, 1.165) is 35.0 Å². The summed E-state index contributed by atoms with van der Waals surface area (Å²) in [5.74, 6) is 1.27. The van der Waals surface area contributed by atoms with E-state index in [4.69, 9.17) is 34.3 Å². The molecule has 0 unspecified atom stereocenters. The van der Waals surface area contributed by atoms with Crippen LogP contribution in [0, 0.1) is 0 Å². The third kappa shape index (κ3) is 17.7. The average molecular weight is 557 g/mol. The van der Waals surface area contributed by atoms with Gasteiger partial charge < -0.3 is 43.9 Å². The lowest BCUT2D eigenvalue weighted by molar-refractivity contribution is -0.108. The van der Waals surface area contributed by atoms with Crippen LogP contribution in [-0.2, 0) is 43.1 Å². The second kappa shape index (κ2) is 23.2. The lowest BCUT2D eigenvalue weighted by Gasteiger charge is -2.08. The predicted molar refractivity (Wildman–Crippen MR) is 152 cm³/mol. The Morgan fingerprint density at radius 3 is 1.48 bits per heavy atom. The Morgan fingerprint density at radius 1 is 0.600 bits per heavy atom. The summed E-state index contributed by atoms with van der Waals surface area (Å²) in [5.41, 5.74) is 2.95. The molecule has 0 amide bonds. The molecule has 0 radical (unpaired) electrons. The third-order valence-electron chi connectivity index (χ3n) is 5.13. The SMILES string of the molecule is COCCOCCOCCOc1ccc(CC=O)cc1.O=CCc1ccc(O)cc1.OCCc1ccc(O)cc1. The molecule has 3 aromatic rings. The van der Waals surface area contributed by atoms with Crippen LogP contribution in [0.3, 0.4) is 0 Å². The molecule has 40 heavy (non-hydrogen) atoms. The van der Waals surface area contributed by atoms with Gasteiger partial charge in [-0.2, -0.15) is 0 Å². The fourth-order valence-corrected chi connectivity index (χ4v) is 3.02. The molecule has 218 valence electrons. The Morgan fingerprint density at radius 2 is 1.02 bits per heavy atom. The van der Waals surface area contributed by atoms with E-state index in [2.05, 4.69) is 0 Å². The van der Waals surface area contributed by atoms with E-state index in [9.17, 15) is 9.59 Å². The van der Waals surface area contributed by atoms with Crippen LogP contribution in [0.2, 0.25) is 0 Å². The second-order valence-electron chi connectivity index (χ2n) is 8.26. The number of rotatable bonds is 16. The maximum atomic E-state index is 10.3. The molecule has 0 bridgehead atoms. The van der Waals surface area contributed by atoms with Gasteiger partial charge in [-0.15, -0.1) is 0 Å². The minimum absolute atomic E-state index is 0.158. The molecule has 0 saturated heterocycles. The normalized spacial score (nSPS) is 9.95. The molecule has 3 N–H and O–H groups in total. The Balaban J connectivity index is 0.000000333. The first-order valence-corrected chi connectivity index (χ1v) is 12.9. The molecule has 0 aromatic heterocycles. The van der Waals surface area contributed by atoms with Crippen molar-refractivity contribution < 1.29 is 43.9 Å². The number of aromatic hydroxyl groups is 2. The molecule has 0 aliphatic heterocycles. The summed E-state index contributed by atoms with van der Waals surface area (Å²) in [7, 11) is 1.64. The van der Waals surface area contributed by atoms with Crippen molar-refractivity contribution in [2.45, 2.75) is 19.3 Å². The standard InChI is InChI=1S/C15H22O5.C8H10O2.C8H8O2/c1-17-8-9-18-10-11-19-12-13-20-15-4-2-14(3-5-15)6-7-16;2*9-6-5-7-1-3-8(10)4-2-7/h2-5,7H,6,8-13H2,1H3;1-4,9-10H,5-6H2;1-4,6,10H,5H2. The molecule has 9 nitrogen and oxygen atoms in total. The molecule has 9 heteroatoms. The van der Waals surface area contributed by atoms with Crippen molar-refractivity contribution in [1.82, 2.24) is 0 Å². The molecule has 0 heterocycles. The highest BCUT2D eigenvalue weighted by atomic mass is 16.6. The van der Waals surface area contributed by atoms with Crippen molar-refractivity contribution >= 4 is 12.6 Å². The molecular weight excluding hydrogens is 516 g/mol. The van der Waals surface area contributed by atoms with E-state index in [1.54, 1.807) is 55.6 Å². The van der Waals surface area contributed by atoms with Gasteiger partial charge in [0, 0.05) is 26.6 Å². The molecule has 0 aliphatic carbocycles. The number of carbonyl (C=O) groups is 2. The van der Waals surface area contributed by atoms with Crippen molar-refractivity contribution in [2.75, 3.05) is 53.4 Å². The molecule has 3 aromatic carbocycles. The van der Waals surface area contributed by atoms with E-state index in [1.807, 2.05) is 24.3 Å². The Hall–Kier alpha value is -3.76. The zero-order chi connectivity index (χ0) is 29.3. The van der Waals surface area contributed by atoms with Crippen LogP contribution in [0.1, 0.15) is 16.7 Å². The number of phenols is 2. The highest BCUT2D eigenvalue weighted by Crippen LogP contribution is 2.12. The molecule has 3 rings (SSSR count). The average Bonchev–Trinajstić information content (AvgIpc) is 2.97. The van der Waals surface area contributed by atoms with E-state index in [0.29, 0.717) is 58.9 Å². The van der Waals surface area contributed by atoms with Crippen molar-refractivity contribution in [3.63, 3.8) is 0 Å². The summed E-state index contributed by atoms with van der Waals surface area (Å²) in [4.78, 5) is 20.3. The smallest absolute Gasteiger partial charge is 0.124 e.